The first-order chi connectivity index (χ1) is 5.79. The maximum absolute atomic E-state index is 10.5. The van der Waals surface area contributed by atoms with Crippen LogP contribution in [0.5, 0.6) is 0 Å². The molecule has 0 bridgehead atoms. The quantitative estimate of drug-likeness (QED) is 0.474. The summed E-state index contributed by atoms with van der Waals surface area (Å²) in [7, 11) is 0. The molecule has 0 aromatic carbocycles. The van der Waals surface area contributed by atoms with E-state index in [9.17, 15) is 10.1 Å². The lowest BCUT2D eigenvalue weighted by molar-refractivity contribution is -0.383. The fourth-order valence-electron chi connectivity index (χ4n) is 1.19. The van der Waals surface area contributed by atoms with Gasteiger partial charge in [-0.1, -0.05) is 6.07 Å². The zero-order valence-electron chi connectivity index (χ0n) is 6.18. The second-order valence-electron chi connectivity index (χ2n) is 2.45. The van der Waals surface area contributed by atoms with Crippen molar-refractivity contribution < 1.29 is 4.92 Å². The van der Waals surface area contributed by atoms with Crippen molar-refractivity contribution in [3.8, 4) is 0 Å². The van der Waals surface area contributed by atoms with E-state index in [0.29, 0.717) is 5.52 Å². The maximum atomic E-state index is 10.5. The number of fused-ring (bicyclic) bond motifs is 1. The van der Waals surface area contributed by atoms with Gasteiger partial charge in [0.15, 0.2) is 0 Å². The van der Waals surface area contributed by atoms with E-state index in [0.717, 1.165) is 0 Å². The third kappa shape index (κ3) is 0.852. The number of rotatable bonds is 1. The van der Waals surface area contributed by atoms with Gasteiger partial charge >= 0.3 is 0 Å². The second-order valence-corrected chi connectivity index (χ2v) is 2.45. The number of hydrogen-bond acceptors (Lipinski definition) is 2. The lowest BCUT2D eigenvalue weighted by Gasteiger charge is -1.90. The third-order valence-corrected chi connectivity index (χ3v) is 1.74. The molecule has 0 amide bonds. The summed E-state index contributed by atoms with van der Waals surface area (Å²) in [6.45, 7) is 0. The number of aromatic nitrogens is 1. The highest BCUT2D eigenvalue weighted by atomic mass is 16.6. The Labute approximate surface area is 68.2 Å². The Morgan fingerprint density at radius 3 is 2.83 bits per heavy atom. The molecule has 2 rings (SSSR count). The van der Waals surface area contributed by atoms with Gasteiger partial charge in [-0.05, 0) is 12.1 Å². The summed E-state index contributed by atoms with van der Waals surface area (Å²) in [4.78, 5) is 10.1. The van der Waals surface area contributed by atoms with Crippen molar-refractivity contribution in [1.82, 2.24) is 4.40 Å². The van der Waals surface area contributed by atoms with Crippen LogP contribution in [0.15, 0.2) is 36.7 Å². The minimum atomic E-state index is -0.380. The Kier molecular flexibility index (Phi) is 1.33. The maximum Gasteiger partial charge on any atom is 0.294 e. The van der Waals surface area contributed by atoms with Gasteiger partial charge in [-0.15, -0.1) is 0 Å². The minimum absolute atomic E-state index is 0.149. The van der Waals surface area contributed by atoms with Gasteiger partial charge in [-0.25, -0.2) is 0 Å². The zero-order chi connectivity index (χ0) is 8.55. The highest BCUT2D eigenvalue weighted by Crippen LogP contribution is 2.19. The van der Waals surface area contributed by atoms with E-state index in [4.69, 9.17) is 0 Å². The van der Waals surface area contributed by atoms with Crippen molar-refractivity contribution in [3.05, 3.63) is 46.8 Å². The Morgan fingerprint density at radius 2 is 2.08 bits per heavy atom. The van der Waals surface area contributed by atoms with Crippen molar-refractivity contribution in [2.75, 3.05) is 0 Å². The fraction of sp³-hybridized carbons (Fsp3) is 0. The molecule has 2 aromatic rings. The van der Waals surface area contributed by atoms with Crippen LogP contribution in [0.2, 0.25) is 0 Å². The largest absolute Gasteiger partial charge is 0.318 e. The van der Waals surface area contributed by atoms with E-state index in [1.807, 2.05) is 6.07 Å². The first-order valence-electron chi connectivity index (χ1n) is 3.49. The molecular formula is C8H6N2O2. The highest BCUT2D eigenvalue weighted by Gasteiger charge is 2.10. The number of hydrogen-bond donors (Lipinski definition) is 0. The highest BCUT2D eigenvalue weighted by molar-refractivity contribution is 5.65. The molecular weight excluding hydrogens is 156 g/mol. The van der Waals surface area contributed by atoms with Crippen LogP contribution in [0.1, 0.15) is 0 Å². The molecule has 0 radical (unpaired) electrons. The van der Waals surface area contributed by atoms with Gasteiger partial charge < -0.3 is 4.40 Å². The molecule has 0 saturated carbocycles. The third-order valence-electron chi connectivity index (χ3n) is 1.74. The number of nitro groups is 1. The van der Waals surface area contributed by atoms with Crippen LogP contribution in [-0.2, 0) is 0 Å². The average molecular weight is 162 g/mol. The van der Waals surface area contributed by atoms with Gasteiger partial charge in [-0.3, -0.25) is 10.1 Å². The number of pyridine rings is 1. The summed E-state index contributed by atoms with van der Waals surface area (Å²) in [6, 6.07) is 6.83. The normalized spacial score (nSPS) is 10.3. The molecule has 0 fully saturated rings. The van der Waals surface area contributed by atoms with E-state index in [-0.39, 0.29) is 10.6 Å². The molecule has 60 valence electrons. The van der Waals surface area contributed by atoms with E-state index in [2.05, 4.69) is 0 Å². The van der Waals surface area contributed by atoms with Crippen LogP contribution in [0, 0.1) is 10.1 Å². The standard InChI is InChI=1S/C8H6N2O2/c11-10(12)8-4-6-9-5-2-1-3-7(8)9/h1-6H. The SMILES string of the molecule is O=[N+]([O-])c1ccn2ccccc12. The van der Waals surface area contributed by atoms with Gasteiger partial charge in [0.25, 0.3) is 5.69 Å². The lowest BCUT2D eigenvalue weighted by Crippen LogP contribution is -1.86. The van der Waals surface area contributed by atoms with Crippen LogP contribution in [0.3, 0.4) is 0 Å². The summed E-state index contributed by atoms with van der Waals surface area (Å²) < 4.78 is 1.72. The second kappa shape index (κ2) is 2.34. The van der Waals surface area contributed by atoms with E-state index >= 15 is 0 Å². The Hall–Kier alpha value is -1.84. The average Bonchev–Trinajstić information content (AvgIpc) is 2.47. The molecule has 2 aromatic heterocycles. The molecule has 0 aliphatic rings. The summed E-state index contributed by atoms with van der Waals surface area (Å²) in [6.07, 6.45) is 3.45. The van der Waals surface area contributed by atoms with Crippen LogP contribution in [0.25, 0.3) is 5.52 Å². The summed E-state index contributed by atoms with van der Waals surface area (Å²) in [5.41, 5.74) is 0.776. The molecule has 2 heterocycles. The molecule has 4 nitrogen and oxygen atoms in total. The van der Waals surface area contributed by atoms with Gasteiger partial charge in [0.05, 0.1) is 4.92 Å². The topological polar surface area (TPSA) is 47.5 Å². The Morgan fingerprint density at radius 1 is 1.25 bits per heavy atom. The fourth-order valence-corrected chi connectivity index (χ4v) is 1.19. The molecule has 0 spiro atoms. The molecule has 0 unspecified atom stereocenters. The predicted molar refractivity (Wildman–Crippen MR) is 44.1 cm³/mol. The summed E-state index contributed by atoms with van der Waals surface area (Å²) in [5, 5.41) is 10.5. The van der Waals surface area contributed by atoms with E-state index in [1.165, 1.54) is 6.07 Å². The molecule has 0 saturated heterocycles. The first-order valence-corrected chi connectivity index (χ1v) is 3.49. The smallest absolute Gasteiger partial charge is 0.294 e. The van der Waals surface area contributed by atoms with Crippen LogP contribution >= 0.6 is 0 Å². The van der Waals surface area contributed by atoms with Crippen molar-refractivity contribution in [2.45, 2.75) is 0 Å². The van der Waals surface area contributed by atoms with Gasteiger partial charge in [0.2, 0.25) is 0 Å². The monoisotopic (exact) mass is 162 g/mol. The summed E-state index contributed by atoms with van der Waals surface area (Å²) in [5.74, 6) is 0. The molecule has 4 heteroatoms. The van der Waals surface area contributed by atoms with Crippen LogP contribution < -0.4 is 0 Å². The summed E-state index contributed by atoms with van der Waals surface area (Å²) >= 11 is 0. The van der Waals surface area contributed by atoms with Gasteiger partial charge in [0.1, 0.15) is 5.52 Å². The van der Waals surface area contributed by atoms with Gasteiger partial charge in [-0.2, -0.15) is 0 Å². The van der Waals surface area contributed by atoms with Crippen molar-refractivity contribution >= 4 is 11.2 Å². The van der Waals surface area contributed by atoms with Crippen molar-refractivity contribution in [3.63, 3.8) is 0 Å². The van der Waals surface area contributed by atoms with Crippen LogP contribution in [0.4, 0.5) is 5.69 Å². The van der Waals surface area contributed by atoms with E-state index < -0.39 is 0 Å². The molecule has 12 heavy (non-hydrogen) atoms. The Balaban J connectivity index is 2.79. The molecule has 0 aliphatic carbocycles. The zero-order valence-corrected chi connectivity index (χ0v) is 6.18. The lowest BCUT2D eigenvalue weighted by atomic mass is 10.4. The molecule has 0 aliphatic heterocycles. The van der Waals surface area contributed by atoms with Crippen molar-refractivity contribution in [2.24, 2.45) is 0 Å². The minimum Gasteiger partial charge on any atom is -0.318 e. The predicted octanol–water partition coefficient (Wildman–Crippen LogP) is 1.85. The Bertz CT molecular complexity index is 433. The molecule has 0 N–H and O–H groups in total. The number of nitrogens with zero attached hydrogens (tertiary/aromatic N) is 2. The molecule has 0 atom stereocenters. The van der Waals surface area contributed by atoms with Crippen molar-refractivity contribution in [1.29, 1.82) is 0 Å². The van der Waals surface area contributed by atoms with E-state index in [1.54, 1.807) is 28.9 Å². The van der Waals surface area contributed by atoms with Gasteiger partial charge in [0, 0.05) is 18.5 Å². The van der Waals surface area contributed by atoms with Crippen LogP contribution in [-0.4, -0.2) is 9.32 Å². The first kappa shape index (κ1) is 6.84.